The molecule has 0 bridgehead atoms. The van der Waals surface area contributed by atoms with Gasteiger partial charge in [0.05, 0.1) is 12.6 Å². The van der Waals surface area contributed by atoms with Crippen molar-refractivity contribution in [2.24, 2.45) is 5.73 Å². The number of nitrogens with one attached hydrogen (secondary N) is 1. The molecule has 2 aliphatic rings. The van der Waals surface area contributed by atoms with Gasteiger partial charge in [0.25, 0.3) is 0 Å². The largest absolute Gasteiger partial charge is 0.383 e. The molecule has 0 aliphatic heterocycles. The van der Waals surface area contributed by atoms with Gasteiger partial charge in [-0.1, -0.05) is 0 Å². The number of nitrogens with zero attached hydrogens (tertiary/aromatic N) is 1. The third kappa shape index (κ3) is 4.26. The van der Waals surface area contributed by atoms with Gasteiger partial charge in [0.15, 0.2) is 0 Å². The van der Waals surface area contributed by atoms with Crippen LogP contribution in [-0.4, -0.2) is 55.7 Å². The maximum atomic E-state index is 11.4. The average Bonchev–Trinajstić information content (AvgIpc) is 3.15. The van der Waals surface area contributed by atoms with Crippen LogP contribution in [0.15, 0.2) is 0 Å². The van der Waals surface area contributed by atoms with Crippen LogP contribution in [0.5, 0.6) is 0 Å². The van der Waals surface area contributed by atoms with Gasteiger partial charge >= 0.3 is 0 Å². The van der Waals surface area contributed by atoms with E-state index < -0.39 is 0 Å². The molecule has 0 radical (unpaired) electrons. The Bertz CT molecular complexity index is 264. The maximum absolute atomic E-state index is 11.4. The van der Waals surface area contributed by atoms with Gasteiger partial charge in [-0.25, -0.2) is 0 Å². The van der Waals surface area contributed by atoms with Gasteiger partial charge in [-0.05, 0) is 25.7 Å². The van der Waals surface area contributed by atoms with E-state index in [1.165, 1.54) is 25.7 Å². The van der Waals surface area contributed by atoms with Crippen molar-refractivity contribution in [3.63, 3.8) is 0 Å². The van der Waals surface area contributed by atoms with Crippen molar-refractivity contribution in [3.05, 3.63) is 0 Å². The van der Waals surface area contributed by atoms with Gasteiger partial charge in [0, 0.05) is 32.3 Å². The zero-order chi connectivity index (χ0) is 12.3. The topological polar surface area (TPSA) is 67.6 Å². The molecule has 1 amide bonds. The first-order chi connectivity index (χ1) is 8.20. The van der Waals surface area contributed by atoms with Crippen LogP contribution in [0.25, 0.3) is 0 Å². The SMILES string of the molecule is COCCN(CC(NC1CC1)C(N)=O)C1CC1. The summed E-state index contributed by atoms with van der Waals surface area (Å²) in [6, 6.07) is 0.934. The van der Waals surface area contributed by atoms with Gasteiger partial charge in [0.1, 0.15) is 0 Å². The first-order valence-corrected chi connectivity index (χ1v) is 6.49. The molecule has 0 saturated heterocycles. The summed E-state index contributed by atoms with van der Waals surface area (Å²) in [6.07, 6.45) is 4.81. The Hall–Kier alpha value is -0.650. The Balaban J connectivity index is 1.81. The van der Waals surface area contributed by atoms with E-state index >= 15 is 0 Å². The van der Waals surface area contributed by atoms with Gasteiger partial charge in [-0.15, -0.1) is 0 Å². The summed E-state index contributed by atoms with van der Waals surface area (Å²) < 4.78 is 5.11. The monoisotopic (exact) mass is 241 g/mol. The molecule has 0 aromatic heterocycles. The molecule has 2 aliphatic carbocycles. The molecule has 2 fully saturated rings. The second-order valence-corrected chi connectivity index (χ2v) is 5.11. The number of hydrogen-bond donors (Lipinski definition) is 2. The molecule has 1 atom stereocenters. The van der Waals surface area contributed by atoms with Crippen LogP contribution in [0.2, 0.25) is 0 Å². The van der Waals surface area contributed by atoms with Crippen molar-refractivity contribution in [1.82, 2.24) is 10.2 Å². The van der Waals surface area contributed by atoms with Crippen molar-refractivity contribution >= 4 is 5.91 Å². The number of nitrogens with two attached hydrogens (primary N) is 1. The number of carbonyl (C=O) groups excluding carboxylic acids is 1. The molecule has 0 aromatic rings. The Labute approximate surface area is 103 Å². The van der Waals surface area contributed by atoms with Crippen LogP contribution in [0.3, 0.4) is 0 Å². The molecule has 98 valence electrons. The van der Waals surface area contributed by atoms with Crippen LogP contribution < -0.4 is 11.1 Å². The van der Waals surface area contributed by atoms with Crippen LogP contribution in [0.4, 0.5) is 0 Å². The molecule has 5 nitrogen and oxygen atoms in total. The molecule has 0 spiro atoms. The third-order valence-electron chi connectivity index (χ3n) is 3.42. The van der Waals surface area contributed by atoms with E-state index in [1.807, 2.05) is 0 Å². The summed E-state index contributed by atoms with van der Waals surface area (Å²) in [5.74, 6) is -0.236. The van der Waals surface area contributed by atoms with Crippen LogP contribution in [0.1, 0.15) is 25.7 Å². The molecule has 0 heterocycles. The summed E-state index contributed by atoms with van der Waals surface area (Å²) in [4.78, 5) is 13.7. The van der Waals surface area contributed by atoms with E-state index in [1.54, 1.807) is 7.11 Å². The lowest BCUT2D eigenvalue weighted by Gasteiger charge is -2.26. The number of amides is 1. The standard InChI is InChI=1S/C12H23N3O2/c1-17-7-6-15(10-4-5-10)8-11(12(13)16)14-9-2-3-9/h9-11,14H,2-8H2,1H3,(H2,13,16). The quantitative estimate of drug-likeness (QED) is 0.582. The highest BCUT2D eigenvalue weighted by molar-refractivity contribution is 5.80. The highest BCUT2D eigenvalue weighted by Gasteiger charge is 2.33. The fourth-order valence-corrected chi connectivity index (χ4v) is 2.06. The second kappa shape index (κ2) is 5.80. The van der Waals surface area contributed by atoms with Crippen molar-refractivity contribution in [3.8, 4) is 0 Å². The van der Waals surface area contributed by atoms with Crippen molar-refractivity contribution in [2.75, 3.05) is 26.8 Å². The summed E-state index contributed by atoms with van der Waals surface area (Å²) in [6.45, 7) is 2.32. The highest BCUT2D eigenvalue weighted by atomic mass is 16.5. The summed E-state index contributed by atoms with van der Waals surface area (Å²) in [7, 11) is 1.71. The molecule has 0 aromatic carbocycles. The Morgan fingerprint density at radius 1 is 1.47 bits per heavy atom. The molecule has 17 heavy (non-hydrogen) atoms. The molecule has 5 heteroatoms. The molecule has 2 rings (SSSR count). The zero-order valence-corrected chi connectivity index (χ0v) is 10.5. The van der Waals surface area contributed by atoms with E-state index in [9.17, 15) is 4.79 Å². The van der Waals surface area contributed by atoms with E-state index in [-0.39, 0.29) is 11.9 Å². The predicted octanol–water partition coefficient (Wildman–Crippen LogP) is -0.297. The minimum atomic E-state index is -0.236. The van der Waals surface area contributed by atoms with Crippen molar-refractivity contribution in [2.45, 2.75) is 43.8 Å². The number of primary amides is 1. The molecular weight excluding hydrogens is 218 g/mol. The summed E-state index contributed by atoms with van der Waals surface area (Å²) >= 11 is 0. The van der Waals surface area contributed by atoms with Crippen LogP contribution in [-0.2, 0) is 9.53 Å². The van der Waals surface area contributed by atoms with E-state index in [4.69, 9.17) is 10.5 Å². The Morgan fingerprint density at radius 2 is 2.18 bits per heavy atom. The maximum Gasteiger partial charge on any atom is 0.235 e. The number of ether oxygens (including phenoxy) is 1. The minimum Gasteiger partial charge on any atom is -0.383 e. The number of methoxy groups -OCH3 is 1. The highest BCUT2D eigenvalue weighted by Crippen LogP contribution is 2.27. The fourth-order valence-electron chi connectivity index (χ4n) is 2.06. The minimum absolute atomic E-state index is 0.208. The number of carbonyl (C=O) groups is 1. The van der Waals surface area contributed by atoms with Crippen LogP contribution >= 0.6 is 0 Å². The summed E-state index contributed by atoms with van der Waals surface area (Å²) in [5.41, 5.74) is 5.45. The lowest BCUT2D eigenvalue weighted by atomic mass is 10.2. The Kier molecular flexibility index (Phi) is 4.36. The van der Waals surface area contributed by atoms with Gasteiger partial charge in [-0.2, -0.15) is 0 Å². The molecule has 1 unspecified atom stereocenters. The van der Waals surface area contributed by atoms with E-state index in [0.717, 1.165) is 13.1 Å². The first-order valence-electron chi connectivity index (χ1n) is 6.49. The van der Waals surface area contributed by atoms with Crippen molar-refractivity contribution in [1.29, 1.82) is 0 Å². The lowest BCUT2D eigenvalue weighted by molar-refractivity contribution is -0.120. The molecule has 3 N–H and O–H groups in total. The van der Waals surface area contributed by atoms with Gasteiger partial charge < -0.3 is 15.8 Å². The molecular formula is C12H23N3O2. The Morgan fingerprint density at radius 3 is 2.65 bits per heavy atom. The number of rotatable bonds is 9. The first kappa shape index (κ1) is 12.8. The predicted molar refractivity (Wildman–Crippen MR) is 65.6 cm³/mol. The second-order valence-electron chi connectivity index (χ2n) is 5.11. The van der Waals surface area contributed by atoms with Crippen LogP contribution in [0, 0.1) is 0 Å². The normalized spacial score (nSPS) is 21.8. The van der Waals surface area contributed by atoms with E-state index in [0.29, 0.717) is 18.7 Å². The van der Waals surface area contributed by atoms with Gasteiger partial charge in [-0.3, -0.25) is 9.69 Å². The fraction of sp³-hybridized carbons (Fsp3) is 0.917. The average molecular weight is 241 g/mol. The van der Waals surface area contributed by atoms with E-state index in [2.05, 4.69) is 10.2 Å². The zero-order valence-electron chi connectivity index (χ0n) is 10.5. The molecule has 2 saturated carbocycles. The number of hydrogen-bond acceptors (Lipinski definition) is 4. The smallest absolute Gasteiger partial charge is 0.235 e. The van der Waals surface area contributed by atoms with Gasteiger partial charge in [0.2, 0.25) is 5.91 Å². The summed E-state index contributed by atoms with van der Waals surface area (Å²) in [5, 5.41) is 3.32. The third-order valence-corrected chi connectivity index (χ3v) is 3.42. The lowest BCUT2D eigenvalue weighted by Crippen LogP contribution is -2.51. The van der Waals surface area contributed by atoms with Crippen molar-refractivity contribution < 1.29 is 9.53 Å².